The van der Waals surface area contributed by atoms with Crippen molar-refractivity contribution < 1.29 is 4.74 Å². The fourth-order valence-corrected chi connectivity index (χ4v) is 2.85. The zero-order valence-electron chi connectivity index (χ0n) is 12.1. The highest BCUT2D eigenvalue weighted by Crippen LogP contribution is 2.25. The first kappa shape index (κ1) is 13.5. The van der Waals surface area contributed by atoms with E-state index in [1.807, 2.05) is 13.0 Å². The molecule has 1 aliphatic rings. The van der Waals surface area contributed by atoms with Crippen LogP contribution in [0.25, 0.3) is 10.9 Å². The molecule has 0 spiro atoms. The number of aromatic amines is 1. The van der Waals surface area contributed by atoms with Crippen LogP contribution in [-0.2, 0) is 6.54 Å². The predicted octanol–water partition coefficient (Wildman–Crippen LogP) is 2.36. The van der Waals surface area contributed by atoms with Gasteiger partial charge >= 0.3 is 0 Å². The predicted molar refractivity (Wildman–Crippen MR) is 82.2 cm³/mol. The summed E-state index contributed by atoms with van der Waals surface area (Å²) in [4.78, 5) is 5.89. The maximum Gasteiger partial charge on any atom is 0.120 e. The van der Waals surface area contributed by atoms with Crippen LogP contribution in [-0.4, -0.2) is 42.7 Å². The number of H-pyrrole nitrogens is 1. The number of rotatable bonds is 4. The number of benzene rings is 1. The van der Waals surface area contributed by atoms with Gasteiger partial charge in [0, 0.05) is 36.7 Å². The van der Waals surface area contributed by atoms with Crippen LogP contribution in [0.15, 0.2) is 24.4 Å². The van der Waals surface area contributed by atoms with Gasteiger partial charge in [-0.3, -0.25) is 4.90 Å². The van der Waals surface area contributed by atoms with Crippen LogP contribution < -0.4 is 10.1 Å². The van der Waals surface area contributed by atoms with Gasteiger partial charge in [-0.15, -0.1) is 0 Å². The molecule has 0 bridgehead atoms. The molecule has 1 aliphatic heterocycles. The lowest BCUT2D eigenvalue weighted by Gasteiger charge is -2.18. The van der Waals surface area contributed by atoms with Crippen LogP contribution in [0.5, 0.6) is 5.75 Å². The third kappa shape index (κ3) is 2.97. The molecule has 1 aromatic heterocycles. The Bertz CT molecular complexity index is 556. The molecule has 108 valence electrons. The normalized spacial score (nSPS) is 17.2. The van der Waals surface area contributed by atoms with Crippen molar-refractivity contribution in [3.8, 4) is 5.75 Å². The summed E-state index contributed by atoms with van der Waals surface area (Å²) in [5.74, 6) is 0.957. The summed E-state index contributed by atoms with van der Waals surface area (Å²) in [6.45, 7) is 8.26. The van der Waals surface area contributed by atoms with E-state index in [2.05, 4.69) is 33.5 Å². The zero-order valence-corrected chi connectivity index (χ0v) is 12.1. The highest BCUT2D eigenvalue weighted by molar-refractivity contribution is 5.84. The largest absolute Gasteiger partial charge is 0.494 e. The van der Waals surface area contributed by atoms with Gasteiger partial charge < -0.3 is 15.0 Å². The summed E-state index contributed by atoms with van der Waals surface area (Å²) in [5.41, 5.74) is 2.56. The van der Waals surface area contributed by atoms with Gasteiger partial charge in [0.15, 0.2) is 0 Å². The Morgan fingerprint density at radius 3 is 3.10 bits per heavy atom. The maximum absolute atomic E-state index is 5.61. The Kier molecular flexibility index (Phi) is 4.23. The van der Waals surface area contributed by atoms with E-state index in [0.29, 0.717) is 6.61 Å². The average Bonchev–Trinajstić information content (AvgIpc) is 2.68. The molecule has 2 N–H and O–H groups in total. The molecule has 0 aliphatic carbocycles. The number of hydrogen-bond donors (Lipinski definition) is 2. The van der Waals surface area contributed by atoms with E-state index in [9.17, 15) is 0 Å². The van der Waals surface area contributed by atoms with Crippen LogP contribution in [0.2, 0.25) is 0 Å². The van der Waals surface area contributed by atoms with Crippen molar-refractivity contribution in [2.24, 2.45) is 0 Å². The lowest BCUT2D eigenvalue weighted by Crippen LogP contribution is -2.27. The number of nitrogens with zero attached hydrogens (tertiary/aromatic N) is 1. The van der Waals surface area contributed by atoms with Gasteiger partial charge in [-0.25, -0.2) is 0 Å². The summed E-state index contributed by atoms with van der Waals surface area (Å²) in [5, 5.41) is 4.74. The Labute approximate surface area is 120 Å². The van der Waals surface area contributed by atoms with Crippen LogP contribution in [0.3, 0.4) is 0 Å². The highest BCUT2D eigenvalue weighted by Gasteiger charge is 2.12. The van der Waals surface area contributed by atoms with Crippen molar-refractivity contribution in [2.45, 2.75) is 19.9 Å². The smallest absolute Gasteiger partial charge is 0.120 e. The van der Waals surface area contributed by atoms with E-state index in [1.54, 1.807) is 0 Å². The second-order valence-electron chi connectivity index (χ2n) is 5.33. The van der Waals surface area contributed by atoms with Crippen molar-refractivity contribution in [1.82, 2.24) is 15.2 Å². The molecule has 2 aromatic rings. The van der Waals surface area contributed by atoms with Crippen molar-refractivity contribution in [2.75, 3.05) is 32.8 Å². The Morgan fingerprint density at radius 1 is 1.25 bits per heavy atom. The van der Waals surface area contributed by atoms with Gasteiger partial charge in [0.25, 0.3) is 0 Å². The Morgan fingerprint density at radius 2 is 2.20 bits per heavy atom. The monoisotopic (exact) mass is 273 g/mol. The van der Waals surface area contributed by atoms with E-state index in [-0.39, 0.29) is 0 Å². The molecule has 1 saturated heterocycles. The Hall–Kier alpha value is -1.52. The third-order valence-electron chi connectivity index (χ3n) is 3.88. The minimum Gasteiger partial charge on any atom is -0.494 e. The van der Waals surface area contributed by atoms with Crippen LogP contribution in [0.4, 0.5) is 0 Å². The summed E-state index contributed by atoms with van der Waals surface area (Å²) in [6, 6.07) is 6.29. The molecule has 0 radical (unpaired) electrons. The van der Waals surface area contributed by atoms with E-state index in [0.717, 1.165) is 31.9 Å². The van der Waals surface area contributed by atoms with Gasteiger partial charge in [-0.05, 0) is 50.2 Å². The van der Waals surface area contributed by atoms with Gasteiger partial charge in [0.2, 0.25) is 0 Å². The number of nitrogens with one attached hydrogen (secondary N) is 2. The van der Waals surface area contributed by atoms with Crippen molar-refractivity contribution in [3.05, 3.63) is 30.0 Å². The molecule has 0 atom stereocenters. The minimum atomic E-state index is 0.711. The molecule has 0 amide bonds. The van der Waals surface area contributed by atoms with Crippen LogP contribution in [0, 0.1) is 0 Å². The summed E-state index contributed by atoms with van der Waals surface area (Å²) < 4.78 is 5.61. The van der Waals surface area contributed by atoms with E-state index in [4.69, 9.17) is 4.74 Å². The quantitative estimate of drug-likeness (QED) is 0.898. The molecule has 0 saturated carbocycles. The van der Waals surface area contributed by atoms with Crippen LogP contribution in [0.1, 0.15) is 18.9 Å². The van der Waals surface area contributed by atoms with Gasteiger partial charge in [0.1, 0.15) is 5.75 Å². The average molecular weight is 273 g/mol. The summed E-state index contributed by atoms with van der Waals surface area (Å²) in [6.07, 6.45) is 3.37. The third-order valence-corrected chi connectivity index (χ3v) is 3.88. The fourth-order valence-electron chi connectivity index (χ4n) is 2.85. The van der Waals surface area contributed by atoms with Crippen LogP contribution >= 0.6 is 0 Å². The lowest BCUT2D eigenvalue weighted by atomic mass is 10.1. The molecule has 20 heavy (non-hydrogen) atoms. The molecule has 4 heteroatoms. The first-order valence-corrected chi connectivity index (χ1v) is 7.52. The van der Waals surface area contributed by atoms with E-state index < -0.39 is 0 Å². The zero-order chi connectivity index (χ0) is 13.8. The number of hydrogen-bond acceptors (Lipinski definition) is 3. The van der Waals surface area contributed by atoms with Gasteiger partial charge in [-0.1, -0.05) is 0 Å². The molecular weight excluding hydrogens is 250 g/mol. The number of ether oxygens (including phenoxy) is 1. The highest BCUT2D eigenvalue weighted by atomic mass is 16.5. The first-order chi connectivity index (χ1) is 9.86. The number of aromatic nitrogens is 1. The van der Waals surface area contributed by atoms with Crippen molar-refractivity contribution in [3.63, 3.8) is 0 Å². The molecule has 0 unspecified atom stereocenters. The van der Waals surface area contributed by atoms with Crippen molar-refractivity contribution in [1.29, 1.82) is 0 Å². The van der Waals surface area contributed by atoms with Gasteiger partial charge in [0.05, 0.1) is 6.61 Å². The second kappa shape index (κ2) is 6.29. The molecule has 1 aromatic carbocycles. The van der Waals surface area contributed by atoms with E-state index in [1.165, 1.54) is 29.4 Å². The fraction of sp³-hybridized carbons (Fsp3) is 0.500. The Balaban J connectivity index is 1.81. The second-order valence-corrected chi connectivity index (χ2v) is 5.33. The molecule has 3 rings (SSSR count). The summed E-state index contributed by atoms with van der Waals surface area (Å²) in [7, 11) is 0. The maximum atomic E-state index is 5.61. The number of fused-ring (bicyclic) bond motifs is 1. The minimum absolute atomic E-state index is 0.711. The van der Waals surface area contributed by atoms with Crippen molar-refractivity contribution >= 4 is 10.9 Å². The standard InChI is InChI=1S/C16H23N3O/c1-2-20-14-4-5-16-15(10-14)13(11-18-16)12-19-8-3-6-17-7-9-19/h4-5,10-11,17-18H,2-3,6-9,12H2,1H3. The SMILES string of the molecule is CCOc1ccc2[nH]cc(CN3CCCNCC3)c2c1. The molecule has 1 fully saturated rings. The lowest BCUT2D eigenvalue weighted by molar-refractivity contribution is 0.285. The first-order valence-electron chi connectivity index (χ1n) is 7.52. The summed E-state index contributed by atoms with van der Waals surface area (Å²) >= 11 is 0. The van der Waals surface area contributed by atoms with Gasteiger partial charge in [-0.2, -0.15) is 0 Å². The molecular formula is C16H23N3O. The molecule has 2 heterocycles. The topological polar surface area (TPSA) is 40.3 Å². The van der Waals surface area contributed by atoms with E-state index >= 15 is 0 Å². The molecule has 4 nitrogen and oxygen atoms in total.